The average Bonchev–Trinajstić information content (AvgIpc) is 3.03. The molecule has 2 fully saturated rings. The third-order valence-corrected chi connectivity index (χ3v) is 8.17. The molecule has 2 aromatic rings. The Hall–Kier alpha value is -0.741. The molecule has 1 aliphatic heterocycles. The van der Waals surface area contributed by atoms with Crippen molar-refractivity contribution in [2.75, 3.05) is 52.4 Å². The first kappa shape index (κ1) is 35.7. The van der Waals surface area contributed by atoms with Crippen LogP contribution in [0.4, 0.5) is 0 Å². The van der Waals surface area contributed by atoms with Crippen LogP contribution in [0.1, 0.15) is 49.7 Å². The molecule has 0 radical (unpaired) electrons. The molecule has 1 aliphatic carbocycles. The fourth-order valence-corrected chi connectivity index (χ4v) is 5.82. The first-order valence-corrected chi connectivity index (χ1v) is 19.0. The summed E-state index contributed by atoms with van der Waals surface area (Å²) in [6.07, 6.45) is 7.48. The topological polar surface area (TPSA) is 84.2 Å². The Bertz CT molecular complexity index is 899. The molecule has 10 heteroatoms. The smallest absolute Gasteiger partial charge is 0.0221 e. The number of nitrogens with one attached hydrogen (secondary N) is 7. The van der Waals surface area contributed by atoms with Crippen LogP contribution in [0.15, 0.2) is 60.7 Å². The molecule has 42 heavy (non-hydrogen) atoms. The van der Waals surface area contributed by atoms with Gasteiger partial charge in [0.1, 0.15) is 0 Å². The van der Waals surface area contributed by atoms with E-state index in [2.05, 4.69) is 97.9 Å². The molecule has 1 saturated carbocycles. The summed E-state index contributed by atoms with van der Waals surface area (Å²) in [5.74, 6) is 0. The molecule has 1 heterocycles. The van der Waals surface area contributed by atoms with Crippen molar-refractivity contribution in [2.45, 2.75) is 75.8 Å². The molecule has 0 spiro atoms. The SMILES string of the molecule is [Cl][Mn][Cl].c1ccc(CNCC[C@@H]2CN[C@@H](CCNCc3ccccc3)CN[C@@H]3CCCC[C@H]3NCCNCCN2)cc1. The third kappa shape index (κ3) is 15.8. The Balaban J connectivity index is 0.00000155. The summed E-state index contributed by atoms with van der Waals surface area (Å²) in [7, 11) is 9.59. The fourth-order valence-electron chi connectivity index (χ4n) is 5.82. The van der Waals surface area contributed by atoms with Crippen LogP contribution in [0.3, 0.4) is 0 Å². The Morgan fingerprint density at radius 3 is 1.67 bits per heavy atom. The maximum absolute atomic E-state index is 4.80. The first-order valence-electron chi connectivity index (χ1n) is 15.8. The van der Waals surface area contributed by atoms with Crippen molar-refractivity contribution in [2.24, 2.45) is 0 Å². The molecule has 7 nitrogen and oxygen atoms in total. The molecule has 237 valence electrons. The molecule has 1 saturated heterocycles. The van der Waals surface area contributed by atoms with Crippen molar-refractivity contribution in [3.63, 3.8) is 0 Å². The van der Waals surface area contributed by atoms with Gasteiger partial charge < -0.3 is 37.2 Å². The van der Waals surface area contributed by atoms with Crippen molar-refractivity contribution < 1.29 is 13.1 Å². The van der Waals surface area contributed by atoms with E-state index in [4.69, 9.17) is 20.2 Å². The average molecular weight is 662 g/mol. The van der Waals surface area contributed by atoms with Crippen LogP contribution in [0.2, 0.25) is 0 Å². The van der Waals surface area contributed by atoms with Crippen molar-refractivity contribution in [3.8, 4) is 0 Å². The number of hydrogen-bond acceptors (Lipinski definition) is 7. The Labute approximate surface area is 269 Å². The van der Waals surface area contributed by atoms with Gasteiger partial charge in [0.05, 0.1) is 0 Å². The quantitative estimate of drug-likeness (QED) is 0.155. The Morgan fingerprint density at radius 2 is 1.10 bits per heavy atom. The van der Waals surface area contributed by atoms with E-state index in [1.807, 2.05) is 0 Å². The largest absolute Gasteiger partial charge is 0.314 e. The standard InChI is InChI=1S/C32H53N7.2ClH.Mn/c1-3-9-27(10-4-1)23-34-17-15-29-25-38-30(16-18-35-24-28-11-5-2-6-12-28)26-39-32-14-8-7-13-31(32)37-22-20-33-19-21-36-29;;;/h1-6,9-12,29-39H,7-8,13-26H2;2*1H;/q;;;+2/p-2/t29-,30+,31-,32-;;;/m1.../s1. The van der Waals surface area contributed by atoms with Gasteiger partial charge in [-0.05, 0) is 49.9 Å². The van der Waals surface area contributed by atoms with Gasteiger partial charge in [-0.1, -0.05) is 73.5 Å². The maximum atomic E-state index is 4.80. The van der Waals surface area contributed by atoms with Crippen LogP contribution >= 0.6 is 20.2 Å². The van der Waals surface area contributed by atoms with E-state index in [-0.39, 0.29) is 13.1 Å². The summed E-state index contributed by atoms with van der Waals surface area (Å²) in [5, 5.41) is 26.6. The predicted octanol–water partition coefficient (Wildman–Crippen LogP) is 3.73. The zero-order valence-corrected chi connectivity index (χ0v) is 27.7. The number of hydrogen-bond donors (Lipinski definition) is 7. The van der Waals surface area contributed by atoms with Gasteiger partial charge in [-0.15, -0.1) is 0 Å². The molecule has 0 unspecified atom stereocenters. The van der Waals surface area contributed by atoms with Gasteiger partial charge in [-0.2, -0.15) is 0 Å². The van der Waals surface area contributed by atoms with Gasteiger partial charge in [-0.25, -0.2) is 0 Å². The zero-order chi connectivity index (χ0) is 29.5. The van der Waals surface area contributed by atoms with Crippen molar-refractivity contribution in [3.05, 3.63) is 71.8 Å². The number of rotatable bonds is 10. The molecule has 0 amide bonds. The fraction of sp³-hybridized carbons (Fsp3) is 0.625. The molecular formula is C32H53Cl2MnN7. The summed E-state index contributed by atoms with van der Waals surface area (Å²) in [6, 6.07) is 23.5. The molecule has 2 aromatic carbocycles. The Kier molecular flexibility index (Phi) is 20.1. The van der Waals surface area contributed by atoms with Crippen LogP contribution in [-0.4, -0.2) is 76.5 Å². The summed E-state index contributed by atoms with van der Waals surface area (Å²) in [5.41, 5.74) is 2.70. The molecule has 4 rings (SSSR count). The van der Waals surface area contributed by atoms with Crippen molar-refractivity contribution >= 4 is 20.2 Å². The monoisotopic (exact) mass is 660 g/mol. The van der Waals surface area contributed by atoms with Crippen molar-refractivity contribution in [1.82, 2.24) is 37.2 Å². The van der Waals surface area contributed by atoms with Crippen LogP contribution < -0.4 is 37.2 Å². The number of benzene rings is 2. The second-order valence-corrected chi connectivity index (χ2v) is 13.3. The molecule has 7 N–H and O–H groups in total. The normalized spacial score (nSPS) is 24.3. The van der Waals surface area contributed by atoms with Crippen molar-refractivity contribution in [1.29, 1.82) is 0 Å². The minimum Gasteiger partial charge on any atom is -0.314 e. The van der Waals surface area contributed by atoms with E-state index >= 15 is 0 Å². The Morgan fingerprint density at radius 1 is 0.619 bits per heavy atom. The summed E-state index contributed by atoms with van der Waals surface area (Å²) in [6.45, 7) is 9.98. The van der Waals surface area contributed by atoms with Gasteiger partial charge in [0.2, 0.25) is 0 Å². The van der Waals surface area contributed by atoms with E-state index in [9.17, 15) is 0 Å². The minimum atomic E-state index is 0.00694. The van der Waals surface area contributed by atoms with E-state index < -0.39 is 0 Å². The number of fused-ring (bicyclic) bond motifs is 1. The van der Waals surface area contributed by atoms with Gasteiger partial charge >= 0.3 is 33.3 Å². The molecular weight excluding hydrogens is 608 g/mol. The molecule has 2 aliphatic rings. The molecule has 4 atom stereocenters. The molecule has 0 bridgehead atoms. The summed E-state index contributed by atoms with van der Waals surface area (Å²) < 4.78 is 0. The van der Waals surface area contributed by atoms with Crippen LogP contribution in [0.25, 0.3) is 0 Å². The van der Waals surface area contributed by atoms with Gasteiger partial charge in [0.15, 0.2) is 0 Å². The zero-order valence-electron chi connectivity index (χ0n) is 25.0. The number of halogens is 2. The molecule has 0 aromatic heterocycles. The summed E-state index contributed by atoms with van der Waals surface area (Å²) >= 11 is 0.00694. The van der Waals surface area contributed by atoms with Gasteiger partial charge in [0, 0.05) is 76.5 Å². The van der Waals surface area contributed by atoms with E-state index in [0.717, 1.165) is 78.3 Å². The second-order valence-electron chi connectivity index (χ2n) is 11.3. The van der Waals surface area contributed by atoms with E-state index in [0.29, 0.717) is 24.2 Å². The van der Waals surface area contributed by atoms with Crippen LogP contribution in [0, 0.1) is 0 Å². The van der Waals surface area contributed by atoms with E-state index in [1.165, 1.54) is 36.8 Å². The third-order valence-electron chi connectivity index (χ3n) is 8.17. The minimum absolute atomic E-state index is 0.00694. The first-order chi connectivity index (χ1) is 20.8. The van der Waals surface area contributed by atoms with Gasteiger partial charge in [0.25, 0.3) is 0 Å². The summed E-state index contributed by atoms with van der Waals surface area (Å²) in [4.78, 5) is 0. The van der Waals surface area contributed by atoms with Crippen LogP contribution in [0.5, 0.6) is 0 Å². The predicted molar refractivity (Wildman–Crippen MR) is 176 cm³/mol. The van der Waals surface area contributed by atoms with E-state index in [1.54, 1.807) is 0 Å². The van der Waals surface area contributed by atoms with Crippen LogP contribution in [-0.2, 0) is 26.2 Å². The maximum Gasteiger partial charge on any atom is 0.0221 e. The second kappa shape index (κ2) is 23.6. The van der Waals surface area contributed by atoms with Gasteiger partial charge in [-0.3, -0.25) is 0 Å².